The SMILES string of the molecule is CCCOc1ccccc1NC(=O)c1cccc(N2NC(=O)[C@H]3CC=CC[C@@H]3C2=O)c1. The van der Waals surface area contributed by atoms with Crippen LogP contribution >= 0.6 is 0 Å². The van der Waals surface area contributed by atoms with Gasteiger partial charge in [-0.05, 0) is 49.6 Å². The van der Waals surface area contributed by atoms with Crippen LogP contribution in [0.1, 0.15) is 36.5 Å². The number of fused-ring (bicyclic) bond motifs is 1. The number of para-hydroxylation sites is 2. The summed E-state index contributed by atoms with van der Waals surface area (Å²) < 4.78 is 5.70. The van der Waals surface area contributed by atoms with Gasteiger partial charge in [0.2, 0.25) is 11.8 Å². The molecule has 2 atom stereocenters. The molecule has 0 radical (unpaired) electrons. The van der Waals surface area contributed by atoms with Crippen molar-refractivity contribution in [3.63, 3.8) is 0 Å². The van der Waals surface area contributed by atoms with Crippen LogP contribution in [-0.4, -0.2) is 24.3 Å². The van der Waals surface area contributed by atoms with Gasteiger partial charge in [-0.15, -0.1) is 0 Å². The van der Waals surface area contributed by atoms with Crippen LogP contribution in [0.25, 0.3) is 0 Å². The monoisotopic (exact) mass is 419 g/mol. The fourth-order valence-corrected chi connectivity index (χ4v) is 3.87. The van der Waals surface area contributed by atoms with Crippen molar-refractivity contribution in [1.29, 1.82) is 0 Å². The van der Waals surface area contributed by atoms with E-state index in [0.29, 0.717) is 42.1 Å². The summed E-state index contributed by atoms with van der Waals surface area (Å²) in [6.45, 7) is 2.57. The van der Waals surface area contributed by atoms with Gasteiger partial charge in [0, 0.05) is 5.56 Å². The summed E-state index contributed by atoms with van der Waals surface area (Å²) in [5, 5.41) is 4.13. The Morgan fingerprint density at radius 3 is 2.68 bits per heavy atom. The van der Waals surface area contributed by atoms with Gasteiger partial charge in [0.1, 0.15) is 5.75 Å². The van der Waals surface area contributed by atoms with Crippen molar-refractivity contribution in [3.8, 4) is 5.75 Å². The number of hydrogen-bond acceptors (Lipinski definition) is 4. The lowest BCUT2D eigenvalue weighted by molar-refractivity contribution is -0.139. The van der Waals surface area contributed by atoms with Gasteiger partial charge >= 0.3 is 0 Å². The Labute approximate surface area is 181 Å². The lowest BCUT2D eigenvalue weighted by Crippen LogP contribution is -2.59. The van der Waals surface area contributed by atoms with Crippen LogP contribution in [0.4, 0.5) is 11.4 Å². The van der Waals surface area contributed by atoms with Crippen LogP contribution in [0, 0.1) is 11.8 Å². The zero-order valence-corrected chi connectivity index (χ0v) is 17.3. The molecule has 2 aliphatic rings. The number of hydrazine groups is 1. The molecule has 0 unspecified atom stereocenters. The molecular weight excluding hydrogens is 394 g/mol. The average Bonchev–Trinajstić information content (AvgIpc) is 2.81. The Kier molecular flexibility index (Phi) is 6.02. The fourth-order valence-electron chi connectivity index (χ4n) is 3.87. The quantitative estimate of drug-likeness (QED) is 0.699. The molecule has 2 N–H and O–H groups in total. The molecule has 7 heteroatoms. The van der Waals surface area contributed by atoms with Crippen molar-refractivity contribution < 1.29 is 19.1 Å². The van der Waals surface area contributed by atoms with Crippen molar-refractivity contribution in [2.75, 3.05) is 16.9 Å². The minimum absolute atomic E-state index is 0.162. The largest absolute Gasteiger partial charge is 0.491 e. The van der Waals surface area contributed by atoms with Gasteiger partial charge in [-0.1, -0.05) is 37.3 Å². The first-order valence-corrected chi connectivity index (χ1v) is 10.5. The highest BCUT2D eigenvalue weighted by Crippen LogP contribution is 2.32. The Balaban J connectivity index is 1.54. The summed E-state index contributed by atoms with van der Waals surface area (Å²) in [5.74, 6) is -0.776. The van der Waals surface area contributed by atoms with Crippen LogP contribution in [0.3, 0.4) is 0 Å². The molecule has 1 aliphatic heterocycles. The minimum Gasteiger partial charge on any atom is -0.491 e. The number of amides is 3. The van der Waals surface area contributed by atoms with Crippen LogP contribution in [0.15, 0.2) is 60.7 Å². The van der Waals surface area contributed by atoms with E-state index in [1.807, 2.05) is 31.2 Å². The summed E-state index contributed by atoms with van der Waals surface area (Å²) in [6, 6.07) is 13.9. The molecule has 3 amide bonds. The molecule has 1 fully saturated rings. The van der Waals surface area contributed by atoms with E-state index in [-0.39, 0.29) is 29.6 Å². The number of carbonyl (C=O) groups is 3. The zero-order chi connectivity index (χ0) is 21.8. The van der Waals surface area contributed by atoms with Crippen LogP contribution in [-0.2, 0) is 9.59 Å². The number of ether oxygens (including phenoxy) is 1. The predicted octanol–water partition coefficient (Wildman–Crippen LogP) is 3.69. The average molecular weight is 419 g/mol. The minimum atomic E-state index is -0.376. The van der Waals surface area contributed by atoms with E-state index in [2.05, 4.69) is 10.7 Å². The Morgan fingerprint density at radius 2 is 1.87 bits per heavy atom. The molecule has 1 aliphatic carbocycles. The molecule has 0 spiro atoms. The summed E-state index contributed by atoms with van der Waals surface area (Å²) in [4.78, 5) is 38.4. The van der Waals surface area contributed by atoms with Gasteiger partial charge in [-0.25, -0.2) is 5.01 Å². The molecule has 0 bridgehead atoms. The molecule has 1 heterocycles. The molecule has 1 saturated heterocycles. The van der Waals surface area contributed by atoms with Gasteiger partial charge in [0.15, 0.2) is 0 Å². The zero-order valence-electron chi connectivity index (χ0n) is 17.3. The molecule has 2 aromatic rings. The van der Waals surface area contributed by atoms with E-state index in [0.717, 1.165) is 6.42 Å². The third-order valence-corrected chi connectivity index (χ3v) is 5.49. The normalized spacial score (nSPS) is 20.1. The lowest BCUT2D eigenvalue weighted by Gasteiger charge is -2.38. The number of carbonyl (C=O) groups excluding carboxylic acids is 3. The summed E-state index contributed by atoms with van der Waals surface area (Å²) in [5.41, 5.74) is 4.09. The van der Waals surface area contributed by atoms with Gasteiger partial charge < -0.3 is 10.1 Å². The second kappa shape index (κ2) is 9.04. The highest BCUT2D eigenvalue weighted by atomic mass is 16.5. The van der Waals surface area contributed by atoms with Crippen LogP contribution in [0.5, 0.6) is 5.75 Å². The van der Waals surface area contributed by atoms with Crippen LogP contribution in [0.2, 0.25) is 0 Å². The topological polar surface area (TPSA) is 87.7 Å². The third kappa shape index (κ3) is 4.30. The predicted molar refractivity (Wildman–Crippen MR) is 118 cm³/mol. The summed E-state index contributed by atoms with van der Waals surface area (Å²) >= 11 is 0. The fraction of sp³-hybridized carbons (Fsp3) is 0.292. The van der Waals surface area contributed by atoms with E-state index in [1.165, 1.54) is 5.01 Å². The lowest BCUT2D eigenvalue weighted by atomic mass is 9.80. The van der Waals surface area contributed by atoms with E-state index >= 15 is 0 Å². The number of benzene rings is 2. The number of hydrogen-bond donors (Lipinski definition) is 2. The molecule has 2 aromatic carbocycles. The summed E-state index contributed by atoms with van der Waals surface area (Å²) in [6.07, 6.45) is 5.85. The number of allylic oxidation sites excluding steroid dienone is 2. The Hall–Kier alpha value is -3.61. The maximum absolute atomic E-state index is 13.0. The second-order valence-electron chi connectivity index (χ2n) is 7.65. The summed E-state index contributed by atoms with van der Waals surface area (Å²) in [7, 11) is 0. The molecule has 0 saturated carbocycles. The molecule has 4 rings (SSSR count). The Morgan fingerprint density at radius 1 is 1.10 bits per heavy atom. The van der Waals surface area contributed by atoms with E-state index in [4.69, 9.17) is 4.74 Å². The molecular formula is C24H25N3O4. The number of nitrogens with one attached hydrogen (secondary N) is 2. The van der Waals surface area contributed by atoms with E-state index < -0.39 is 0 Å². The molecule has 160 valence electrons. The third-order valence-electron chi connectivity index (χ3n) is 5.49. The van der Waals surface area contributed by atoms with Crippen molar-refractivity contribution in [1.82, 2.24) is 5.43 Å². The smallest absolute Gasteiger partial charge is 0.255 e. The van der Waals surface area contributed by atoms with Gasteiger partial charge in [-0.2, -0.15) is 0 Å². The first kappa shape index (κ1) is 20.7. The maximum atomic E-state index is 13.0. The van der Waals surface area contributed by atoms with Crippen LogP contribution < -0.4 is 20.5 Å². The van der Waals surface area contributed by atoms with Gasteiger partial charge in [-0.3, -0.25) is 19.8 Å². The van der Waals surface area contributed by atoms with E-state index in [9.17, 15) is 14.4 Å². The van der Waals surface area contributed by atoms with Crippen molar-refractivity contribution in [3.05, 3.63) is 66.2 Å². The van der Waals surface area contributed by atoms with Gasteiger partial charge in [0.05, 0.1) is 29.8 Å². The molecule has 0 aromatic heterocycles. The van der Waals surface area contributed by atoms with Crippen molar-refractivity contribution in [2.45, 2.75) is 26.2 Å². The molecule has 7 nitrogen and oxygen atoms in total. The maximum Gasteiger partial charge on any atom is 0.255 e. The highest BCUT2D eigenvalue weighted by Gasteiger charge is 2.42. The standard InChI is InChI=1S/C24H25N3O4/c1-2-14-31-21-13-6-5-12-20(21)25-22(28)16-8-7-9-17(15-16)27-24(30)19-11-4-3-10-18(19)23(29)26-27/h3-9,12-13,15,18-19H,2,10-11,14H2,1H3,(H,25,28)(H,26,29)/t18-,19-/m0/s1. The number of anilines is 2. The number of rotatable bonds is 6. The first-order valence-electron chi connectivity index (χ1n) is 10.5. The number of nitrogens with zero attached hydrogens (tertiary/aromatic N) is 1. The first-order chi connectivity index (χ1) is 15.1. The van der Waals surface area contributed by atoms with E-state index in [1.54, 1.807) is 36.4 Å². The Bertz CT molecular complexity index is 1030. The van der Waals surface area contributed by atoms with Gasteiger partial charge in [0.25, 0.3) is 5.91 Å². The van der Waals surface area contributed by atoms with Crippen molar-refractivity contribution in [2.24, 2.45) is 11.8 Å². The molecule has 31 heavy (non-hydrogen) atoms. The second-order valence-corrected chi connectivity index (χ2v) is 7.65. The van der Waals surface area contributed by atoms with Crippen molar-refractivity contribution >= 4 is 29.1 Å². The highest BCUT2D eigenvalue weighted by molar-refractivity contribution is 6.07.